The van der Waals surface area contributed by atoms with E-state index in [4.69, 9.17) is 32.7 Å². The van der Waals surface area contributed by atoms with Gasteiger partial charge in [-0.2, -0.15) is 0 Å². The fourth-order valence-electron chi connectivity index (χ4n) is 3.49. The van der Waals surface area contributed by atoms with Gasteiger partial charge in [0.05, 0.1) is 31.6 Å². The second kappa shape index (κ2) is 10.1. The average molecular weight is 487 g/mol. The number of sulfonamides is 1. The molecule has 1 saturated heterocycles. The van der Waals surface area contributed by atoms with E-state index in [0.717, 1.165) is 0 Å². The summed E-state index contributed by atoms with van der Waals surface area (Å²) in [5.74, 6) is -0.00727. The Labute approximate surface area is 192 Å². The summed E-state index contributed by atoms with van der Waals surface area (Å²) in [4.78, 5) is 12.9. The molecule has 0 aliphatic carbocycles. The maximum atomic E-state index is 13.0. The summed E-state index contributed by atoms with van der Waals surface area (Å²) in [6.07, 6.45) is 1.16. The van der Waals surface area contributed by atoms with E-state index in [0.29, 0.717) is 52.2 Å². The lowest BCUT2D eigenvalue weighted by Crippen LogP contribution is -2.44. The highest BCUT2D eigenvalue weighted by molar-refractivity contribution is 7.88. The van der Waals surface area contributed by atoms with Gasteiger partial charge in [0.2, 0.25) is 15.9 Å². The summed E-state index contributed by atoms with van der Waals surface area (Å²) in [7, 11) is -0.659. The second-order valence-corrected chi connectivity index (χ2v) is 9.99. The van der Waals surface area contributed by atoms with Crippen molar-refractivity contribution in [3.8, 4) is 11.5 Å². The summed E-state index contributed by atoms with van der Waals surface area (Å²) in [6.45, 7) is 0.439. The van der Waals surface area contributed by atoms with E-state index >= 15 is 0 Å². The lowest BCUT2D eigenvalue weighted by molar-refractivity contribution is -0.120. The van der Waals surface area contributed by atoms with Crippen molar-refractivity contribution in [2.75, 3.05) is 32.6 Å². The summed E-state index contributed by atoms with van der Waals surface area (Å²) in [5, 5.41) is 3.44. The minimum atomic E-state index is -3.70. The van der Waals surface area contributed by atoms with Crippen LogP contribution in [-0.4, -0.2) is 45.9 Å². The normalized spacial score (nSPS) is 17.2. The molecule has 1 heterocycles. The molecule has 2 aromatic rings. The molecular formula is C21H24Cl2N2O5S. The summed E-state index contributed by atoms with van der Waals surface area (Å²) >= 11 is 12.3. The number of rotatable bonds is 7. The van der Waals surface area contributed by atoms with Crippen LogP contribution in [0.15, 0.2) is 36.4 Å². The van der Waals surface area contributed by atoms with Crippen molar-refractivity contribution >= 4 is 44.8 Å². The van der Waals surface area contributed by atoms with Gasteiger partial charge in [0.25, 0.3) is 0 Å². The molecule has 0 bridgehead atoms. The van der Waals surface area contributed by atoms with Crippen molar-refractivity contribution in [2.45, 2.75) is 18.6 Å². The van der Waals surface area contributed by atoms with Gasteiger partial charge in [0.1, 0.15) is 11.5 Å². The van der Waals surface area contributed by atoms with Gasteiger partial charge >= 0.3 is 0 Å². The number of nitrogens with one attached hydrogen (secondary N) is 1. The minimum Gasteiger partial charge on any atom is -0.497 e. The monoisotopic (exact) mass is 486 g/mol. The van der Waals surface area contributed by atoms with Crippen molar-refractivity contribution in [3.05, 3.63) is 52.0 Å². The van der Waals surface area contributed by atoms with E-state index in [-0.39, 0.29) is 18.2 Å². The van der Waals surface area contributed by atoms with E-state index in [1.807, 2.05) is 0 Å². The van der Waals surface area contributed by atoms with Crippen molar-refractivity contribution in [1.29, 1.82) is 0 Å². The molecule has 1 aliphatic rings. The van der Waals surface area contributed by atoms with E-state index < -0.39 is 15.9 Å². The molecule has 0 unspecified atom stereocenters. The number of carbonyl (C=O) groups excluding carboxylic acids is 1. The van der Waals surface area contributed by atoms with Crippen molar-refractivity contribution in [1.82, 2.24) is 4.31 Å². The van der Waals surface area contributed by atoms with Gasteiger partial charge in [0.15, 0.2) is 0 Å². The third-order valence-electron chi connectivity index (χ3n) is 5.20. The molecule has 0 radical (unpaired) electrons. The molecule has 1 atom stereocenters. The number of carbonyl (C=O) groups is 1. The van der Waals surface area contributed by atoms with Crippen LogP contribution in [-0.2, 0) is 20.6 Å². The van der Waals surface area contributed by atoms with E-state index in [1.54, 1.807) is 43.5 Å². The number of benzene rings is 2. The van der Waals surface area contributed by atoms with Crippen LogP contribution in [0.1, 0.15) is 18.4 Å². The predicted molar refractivity (Wildman–Crippen MR) is 122 cm³/mol. The highest BCUT2D eigenvalue weighted by Gasteiger charge is 2.33. The Morgan fingerprint density at radius 1 is 1.16 bits per heavy atom. The molecule has 7 nitrogen and oxygen atoms in total. The first-order valence-corrected chi connectivity index (χ1v) is 12.0. The van der Waals surface area contributed by atoms with Crippen molar-refractivity contribution in [2.24, 2.45) is 5.92 Å². The Hall–Kier alpha value is -2.00. The molecule has 0 aromatic heterocycles. The standard InChI is InChI=1S/C21H24Cl2N2O5S/c1-29-15-8-9-19(20(11-15)30-2)24-21(26)14-5-4-10-25(12-14)31(27,28)13-16-17(22)6-3-7-18(16)23/h3,6-9,11,14H,4-5,10,12-13H2,1-2H3,(H,24,26)/t14-/m1/s1. The number of hydrogen-bond donors (Lipinski definition) is 1. The number of anilines is 1. The lowest BCUT2D eigenvalue weighted by Gasteiger charge is -2.31. The van der Waals surface area contributed by atoms with Crippen LogP contribution >= 0.6 is 23.2 Å². The Balaban J connectivity index is 1.72. The number of halogens is 2. The fraction of sp³-hybridized carbons (Fsp3) is 0.381. The summed E-state index contributed by atoms with van der Waals surface area (Å²) in [6, 6.07) is 9.94. The van der Waals surface area contributed by atoms with E-state index in [9.17, 15) is 13.2 Å². The molecule has 168 valence electrons. The number of methoxy groups -OCH3 is 2. The van der Waals surface area contributed by atoms with Gasteiger partial charge in [0, 0.05) is 34.8 Å². The maximum Gasteiger partial charge on any atom is 0.228 e. The van der Waals surface area contributed by atoms with Crippen LogP contribution in [0.2, 0.25) is 10.0 Å². The van der Waals surface area contributed by atoms with Crippen molar-refractivity contribution in [3.63, 3.8) is 0 Å². The Morgan fingerprint density at radius 2 is 1.87 bits per heavy atom. The zero-order valence-corrected chi connectivity index (χ0v) is 19.6. The maximum absolute atomic E-state index is 13.0. The molecule has 31 heavy (non-hydrogen) atoms. The van der Waals surface area contributed by atoms with Crippen molar-refractivity contribution < 1.29 is 22.7 Å². The molecule has 3 rings (SSSR count). The quantitative estimate of drug-likeness (QED) is 0.633. The molecule has 10 heteroatoms. The number of piperidine rings is 1. The molecule has 1 fully saturated rings. The molecule has 1 amide bonds. The van der Waals surface area contributed by atoms with Gasteiger partial charge < -0.3 is 14.8 Å². The molecular weight excluding hydrogens is 463 g/mol. The summed E-state index contributed by atoms with van der Waals surface area (Å²) in [5.41, 5.74) is 0.858. The first-order valence-electron chi connectivity index (χ1n) is 9.68. The van der Waals surface area contributed by atoms with Gasteiger partial charge in [-0.25, -0.2) is 12.7 Å². The number of nitrogens with zero attached hydrogens (tertiary/aromatic N) is 1. The van der Waals surface area contributed by atoms with Gasteiger partial charge in [-0.15, -0.1) is 0 Å². The number of hydrogen-bond acceptors (Lipinski definition) is 5. The molecule has 1 N–H and O–H groups in total. The van der Waals surface area contributed by atoms with E-state index in [1.165, 1.54) is 11.4 Å². The smallest absolute Gasteiger partial charge is 0.228 e. The van der Waals surface area contributed by atoms with Crippen LogP contribution in [0.25, 0.3) is 0 Å². The van der Waals surface area contributed by atoms with Gasteiger partial charge in [-0.05, 0) is 37.1 Å². The number of amides is 1. The van der Waals surface area contributed by atoms with Crippen LogP contribution in [0, 0.1) is 5.92 Å². The largest absolute Gasteiger partial charge is 0.497 e. The van der Waals surface area contributed by atoms with Crippen LogP contribution in [0.4, 0.5) is 5.69 Å². The zero-order valence-electron chi connectivity index (χ0n) is 17.2. The molecule has 0 spiro atoms. The zero-order chi connectivity index (χ0) is 22.6. The van der Waals surface area contributed by atoms with E-state index in [2.05, 4.69) is 5.32 Å². The highest BCUT2D eigenvalue weighted by atomic mass is 35.5. The SMILES string of the molecule is COc1ccc(NC(=O)[C@@H]2CCCN(S(=O)(=O)Cc3c(Cl)cccc3Cl)C2)c(OC)c1. The van der Waals surface area contributed by atoms with Crippen LogP contribution in [0.5, 0.6) is 11.5 Å². The minimum absolute atomic E-state index is 0.0920. The van der Waals surface area contributed by atoms with Crippen LogP contribution < -0.4 is 14.8 Å². The molecule has 2 aromatic carbocycles. The third kappa shape index (κ3) is 5.63. The van der Waals surface area contributed by atoms with Gasteiger partial charge in [-0.3, -0.25) is 4.79 Å². The highest BCUT2D eigenvalue weighted by Crippen LogP contribution is 2.31. The fourth-order valence-corrected chi connectivity index (χ4v) is 5.85. The third-order valence-corrected chi connectivity index (χ3v) is 7.68. The predicted octanol–water partition coefficient (Wildman–Crippen LogP) is 4.19. The first-order chi connectivity index (χ1) is 14.7. The Bertz CT molecular complexity index is 1040. The second-order valence-electron chi connectivity index (χ2n) is 7.21. The Morgan fingerprint density at radius 3 is 2.52 bits per heavy atom. The summed E-state index contributed by atoms with van der Waals surface area (Å²) < 4.78 is 37.8. The topological polar surface area (TPSA) is 84.9 Å². The average Bonchev–Trinajstić information content (AvgIpc) is 2.76. The molecule has 1 aliphatic heterocycles. The lowest BCUT2D eigenvalue weighted by atomic mass is 9.98. The first kappa shape index (κ1) is 23.7. The van der Waals surface area contributed by atoms with Gasteiger partial charge in [-0.1, -0.05) is 29.3 Å². The van der Waals surface area contributed by atoms with Crippen LogP contribution in [0.3, 0.4) is 0 Å². The number of ether oxygens (including phenoxy) is 2. The Kier molecular flexibility index (Phi) is 7.69. The molecule has 0 saturated carbocycles.